The highest BCUT2D eigenvalue weighted by atomic mass is 19.4. The summed E-state index contributed by atoms with van der Waals surface area (Å²) in [4.78, 5) is 28.2. The van der Waals surface area contributed by atoms with Crippen molar-refractivity contribution in [2.24, 2.45) is 0 Å². The highest BCUT2D eigenvalue weighted by Crippen LogP contribution is 2.32. The van der Waals surface area contributed by atoms with Crippen LogP contribution < -0.4 is 10.2 Å². The summed E-state index contributed by atoms with van der Waals surface area (Å²) >= 11 is 0. The fourth-order valence-corrected chi connectivity index (χ4v) is 4.20. The first-order valence-corrected chi connectivity index (χ1v) is 11.3. The minimum atomic E-state index is -4.41. The van der Waals surface area contributed by atoms with Crippen LogP contribution in [-0.4, -0.2) is 42.9 Å². The number of anilines is 2. The van der Waals surface area contributed by atoms with Gasteiger partial charge in [0.05, 0.1) is 11.6 Å². The minimum Gasteiger partial charge on any atom is -0.369 e. The summed E-state index contributed by atoms with van der Waals surface area (Å²) in [6, 6.07) is 19.3. The minimum absolute atomic E-state index is 0.0535. The van der Waals surface area contributed by atoms with Crippen LogP contribution >= 0.6 is 0 Å². The van der Waals surface area contributed by atoms with Gasteiger partial charge in [0.25, 0.3) is 5.91 Å². The number of nitrogens with one attached hydrogen (secondary N) is 1. The number of amides is 2. The van der Waals surface area contributed by atoms with Crippen LogP contribution in [-0.2, 0) is 11.0 Å². The van der Waals surface area contributed by atoms with E-state index in [1.54, 1.807) is 42.2 Å². The molecule has 35 heavy (non-hydrogen) atoms. The maximum atomic E-state index is 13.0. The second kappa shape index (κ2) is 9.82. The molecule has 1 atom stereocenters. The Bertz CT molecular complexity index is 1210. The number of likely N-dealkylation sites (N-methyl/N-ethyl adjacent to an activating group) is 1. The van der Waals surface area contributed by atoms with Gasteiger partial charge in [0.1, 0.15) is 0 Å². The zero-order valence-corrected chi connectivity index (χ0v) is 19.5. The van der Waals surface area contributed by atoms with Crippen molar-refractivity contribution >= 4 is 23.2 Å². The molecule has 1 aliphatic rings. The molecule has 1 heterocycles. The van der Waals surface area contributed by atoms with Crippen molar-refractivity contribution in [3.63, 3.8) is 0 Å². The summed E-state index contributed by atoms with van der Waals surface area (Å²) in [5.74, 6) is -0.254. The third-order valence-electron chi connectivity index (χ3n) is 6.37. The SMILES string of the molecule is CC(=O)N(C)C1CCN(c2ccc(NC(=O)c3ccc(-c4cccc(C(F)(F)F)c4)cc3)cc2)C1. The molecule has 1 saturated heterocycles. The smallest absolute Gasteiger partial charge is 0.369 e. The van der Waals surface area contributed by atoms with Crippen molar-refractivity contribution in [3.8, 4) is 11.1 Å². The normalized spacial score (nSPS) is 15.7. The molecule has 5 nitrogen and oxygen atoms in total. The topological polar surface area (TPSA) is 52.7 Å². The first-order valence-electron chi connectivity index (χ1n) is 11.3. The van der Waals surface area contributed by atoms with E-state index in [0.717, 1.165) is 37.3 Å². The maximum Gasteiger partial charge on any atom is 0.416 e. The molecule has 0 saturated carbocycles. The van der Waals surface area contributed by atoms with Gasteiger partial charge in [-0.05, 0) is 66.1 Å². The van der Waals surface area contributed by atoms with Crippen molar-refractivity contribution in [2.75, 3.05) is 30.4 Å². The number of alkyl halides is 3. The first-order chi connectivity index (χ1) is 16.6. The van der Waals surface area contributed by atoms with Crippen molar-refractivity contribution < 1.29 is 22.8 Å². The predicted molar refractivity (Wildman–Crippen MR) is 130 cm³/mol. The van der Waals surface area contributed by atoms with Crippen LogP contribution in [0, 0.1) is 0 Å². The van der Waals surface area contributed by atoms with Crippen molar-refractivity contribution in [3.05, 3.63) is 83.9 Å². The monoisotopic (exact) mass is 481 g/mol. The Kier molecular flexibility index (Phi) is 6.82. The molecule has 1 unspecified atom stereocenters. The van der Waals surface area contributed by atoms with Gasteiger partial charge >= 0.3 is 6.18 Å². The van der Waals surface area contributed by atoms with Gasteiger partial charge in [0.15, 0.2) is 0 Å². The molecule has 0 bridgehead atoms. The number of benzene rings is 3. The van der Waals surface area contributed by atoms with Gasteiger partial charge in [-0.1, -0.05) is 24.3 Å². The third kappa shape index (κ3) is 5.65. The Balaban J connectivity index is 1.38. The number of hydrogen-bond donors (Lipinski definition) is 1. The van der Waals surface area contributed by atoms with Gasteiger partial charge in [0.2, 0.25) is 5.91 Å². The number of hydrogen-bond acceptors (Lipinski definition) is 3. The molecule has 0 radical (unpaired) electrons. The number of nitrogens with zero attached hydrogens (tertiary/aromatic N) is 2. The molecular formula is C27H26F3N3O2. The van der Waals surface area contributed by atoms with Gasteiger partial charge in [-0.2, -0.15) is 13.2 Å². The van der Waals surface area contributed by atoms with Gasteiger partial charge in [-0.15, -0.1) is 0 Å². The van der Waals surface area contributed by atoms with Gasteiger partial charge in [-0.25, -0.2) is 0 Å². The lowest BCUT2D eigenvalue weighted by Gasteiger charge is -2.24. The van der Waals surface area contributed by atoms with Crippen LogP contribution in [0.25, 0.3) is 11.1 Å². The van der Waals surface area contributed by atoms with Gasteiger partial charge in [0, 0.05) is 44.0 Å². The molecule has 1 N–H and O–H groups in total. The molecule has 8 heteroatoms. The van der Waals surface area contributed by atoms with E-state index in [0.29, 0.717) is 22.4 Å². The van der Waals surface area contributed by atoms with E-state index in [-0.39, 0.29) is 17.9 Å². The molecular weight excluding hydrogens is 455 g/mol. The second-order valence-electron chi connectivity index (χ2n) is 8.68. The van der Waals surface area contributed by atoms with E-state index < -0.39 is 11.7 Å². The van der Waals surface area contributed by atoms with E-state index in [2.05, 4.69) is 10.2 Å². The summed E-state index contributed by atoms with van der Waals surface area (Å²) < 4.78 is 38.9. The lowest BCUT2D eigenvalue weighted by Crippen LogP contribution is -2.37. The van der Waals surface area contributed by atoms with Crippen molar-refractivity contribution in [1.29, 1.82) is 0 Å². The van der Waals surface area contributed by atoms with Gasteiger partial charge < -0.3 is 15.1 Å². The Morgan fingerprint density at radius 3 is 2.29 bits per heavy atom. The molecule has 4 rings (SSSR count). The lowest BCUT2D eigenvalue weighted by molar-refractivity contribution is -0.137. The highest BCUT2D eigenvalue weighted by Gasteiger charge is 2.30. The molecule has 3 aromatic carbocycles. The summed E-state index contributed by atoms with van der Waals surface area (Å²) in [7, 11) is 1.82. The quantitative estimate of drug-likeness (QED) is 0.510. The van der Waals surface area contributed by atoms with Crippen molar-refractivity contribution in [2.45, 2.75) is 25.6 Å². The first kappa shape index (κ1) is 24.3. The van der Waals surface area contributed by atoms with Gasteiger partial charge in [-0.3, -0.25) is 9.59 Å². The van der Waals surface area contributed by atoms with E-state index in [9.17, 15) is 22.8 Å². The third-order valence-corrected chi connectivity index (χ3v) is 6.37. The van der Waals surface area contributed by atoms with Crippen LogP contribution in [0.1, 0.15) is 29.3 Å². The molecule has 1 aliphatic heterocycles. The summed E-state index contributed by atoms with van der Waals surface area (Å²) in [5, 5.41) is 2.85. The molecule has 2 amide bonds. The number of carbonyl (C=O) groups excluding carboxylic acids is 2. The van der Waals surface area contributed by atoms with Crippen molar-refractivity contribution in [1.82, 2.24) is 4.90 Å². The Labute approximate surface area is 202 Å². The summed E-state index contributed by atoms with van der Waals surface area (Å²) in [5.41, 5.74) is 2.37. The summed E-state index contributed by atoms with van der Waals surface area (Å²) in [6.07, 6.45) is -3.50. The predicted octanol–water partition coefficient (Wildman–Crippen LogP) is 5.68. The molecule has 3 aromatic rings. The summed E-state index contributed by atoms with van der Waals surface area (Å²) in [6.45, 7) is 3.19. The zero-order valence-electron chi connectivity index (χ0n) is 19.5. The number of halogens is 3. The second-order valence-corrected chi connectivity index (χ2v) is 8.68. The van der Waals surface area contributed by atoms with Crippen LogP contribution in [0.3, 0.4) is 0 Å². The van der Waals surface area contributed by atoms with E-state index in [1.807, 2.05) is 31.3 Å². The standard InChI is InChI=1S/C27H26F3N3O2/c1-18(34)32(2)25-14-15-33(17-25)24-12-10-23(11-13-24)31-26(35)20-8-6-19(7-9-20)21-4-3-5-22(16-21)27(28,29)30/h3-13,16,25H,14-15,17H2,1-2H3,(H,31,35). The molecule has 0 spiro atoms. The fraction of sp³-hybridized carbons (Fsp3) is 0.259. The molecule has 0 aromatic heterocycles. The molecule has 1 fully saturated rings. The van der Waals surface area contributed by atoms with Crippen LogP contribution in [0.5, 0.6) is 0 Å². The highest BCUT2D eigenvalue weighted by molar-refractivity contribution is 6.04. The van der Waals surface area contributed by atoms with E-state index >= 15 is 0 Å². The fourth-order valence-electron chi connectivity index (χ4n) is 4.20. The van der Waals surface area contributed by atoms with E-state index in [4.69, 9.17) is 0 Å². The Morgan fingerprint density at radius 2 is 1.66 bits per heavy atom. The van der Waals surface area contributed by atoms with Crippen LogP contribution in [0.2, 0.25) is 0 Å². The number of rotatable bonds is 5. The van der Waals surface area contributed by atoms with Crippen LogP contribution in [0.4, 0.5) is 24.5 Å². The maximum absolute atomic E-state index is 13.0. The largest absolute Gasteiger partial charge is 0.416 e. The average molecular weight is 482 g/mol. The van der Waals surface area contributed by atoms with E-state index in [1.165, 1.54) is 6.07 Å². The molecule has 182 valence electrons. The Hall–Kier alpha value is -3.81. The number of carbonyl (C=O) groups is 2. The molecule has 0 aliphatic carbocycles. The lowest BCUT2D eigenvalue weighted by atomic mass is 10.0. The Morgan fingerprint density at radius 1 is 0.971 bits per heavy atom. The average Bonchev–Trinajstić information content (AvgIpc) is 3.34. The van der Waals surface area contributed by atoms with Crippen LogP contribution in [0.15, 0.2) is 72.8 Å². The zero-order chi connectivity index (χ0) is 25.2.